The third-order valence-electron chi connectivity index (χ3n) is 3.03. The van der Waals surface area contributed by atoms with Crippen LogP contribution in [0.5, 0.6) is 0 Å². The molecular formula is C14H20N4O2. The molecule has 108 valence electrons. The van der Waals surface area contributed by atoms with Gasteiger partial charge in [0, 0.05) is 11.4 Å². The Morgan fingerprint density at radius 2 is 2.30 bits per heavy atom. The number of aromatic amines is 1. The Bertz CT molecular complexity index is 594. The molecule has 20 heavy (non-hydrogen) atoms. The number of H-pyrrole nitrogens is 1. The van der Waals surface area contributed by atoms with E-state index < -0.39 is 0 Å². The summed E-state index contributed by atoms with van der Waals surface area (Å²) in [5.41, 5.74) is 2.43. The number of aromatic nitrogens is 3. The zero-order chi connectivity index (χ0) is 14.5. The topological polar surface area (TPSA) is 79.9 Å². The second-order valence-corrected chi connectivity index (χ2v) is 4.68. The van der Waals surface area contributed by atoms with E-state index in [1.165, 1.54) is 0 Å². The van der Waals surface area contributed by atoms with Crippen LogP contribution in [-0.2, 0) is 9.53 Å². The lowest BCUT2D eigenvalue weighted by Gasteiger charge is -2.18. The third-order valence-corrected chi connectivity index (χ3v) is 3.03. The minimum atomic E-state index is -0.347. The summed E-state index contributed by atoms with van der Waals surface area (Å²) in [4.78, 5) is 16.3. The number of aryl methyl sites for hydroxylation is 1. The van der Waals surface area contributed by atoms with Gasteiger partial charge >= 0.3 is 5.97 Å². The van der Waals surface area contributed by atoms with Gasteiger partial charge in [-0.2, -0.15) is 5.10 Å². The van der Waals surface area contributed by atoms with Crippen LogP contribution < -0.4 is 5.32 Å². The number of ether oxygens (including phenoxy) is 1. The van der Waals surface area contributed by atoms with Crippen molar-refractivity contribution < 1.29 is 9.53 Å². The summed E-state index contributed by atoms with van der Waals surface area (Å²) < 4.78 is 5.11. The van der Waals surface area contributed by atoms with E-state index in [4.69, 9.17) is 4.74 Å². The zero-order valence-electron chi connectivity index (χ0n) is 12.1. The number of nitrogens with zero attached hydrogens (tertiary/aromatic N) is 2. The van der Waals surface area contributed by atoms with Gasteiger partial charge in [0.25, 0.3) is 0 Å². The molecule has 1 unspecified atom stereocenters. The van der Waals surface area contributed by atoms with E-state index >= 15 is 0 Å². The molecule has 2 aromatic heterocycles. The van der Waals surface area contributed by atoms with Crippen LogP contribution in [0.25, 0.3) is 11.0 Å². The van der Waals surface area contributed by atoms with Crippen LogP contribution in [0.15, 0.2) is 12.3 Å². The molecule has 2 N–H and O–H groups in total. The first-order valence-corrected chi connectivity index (χ1v) is 6.89. The van der Waals surface area contributed by atoms with Gasteiger partial charge in [0.1, 0.15) is 6.04 Å². The average Bonchev–Trinajstić information content (AvgIpc) is 2.86. The molecule has 6 nitrogen and oxygen atoms in total. The molecule has 0 amide bonds. The van der Waals surface area contributed by atoms with E-state index in [-0.39, 0.29) is 12.0 Å². The van der Waals surface area contributed by atoms with Gasteiger partial charge in [-0.1, -0.05) is 13.3 Å². The molecule has 0 aliphatic carbocycles. The third kappa shape index (κ3) is 3.07. The number of rotatable bonds is 6. The monoisotopic (exact) mass is 276 g/mol. The minimum Gasteiger partial charge on any atom is -0.464 e. The van der Waals surface area contributed by atoms with Gasteiger partial charge in [-0.25, -0.2) is 9.78 Å². The van der Waals surface area contributed by atoms with Crippen molar-refractivity contribution in [1.29, 1.82) is 0 Å². The van der Waals surface area contributed by atoms with Gasteiger partial charge in [0.15, 0.2) is 5.65 Å². The standard InChI is InChI=1S/C14H20N4O2/c1-4-6-11(14(19)20-5-2)17-12-7-9(3)16-13-10(12)8-15-18-13/h7-8,11H,4-6H2,1-3H3,(H2,15,16,17,18). The largest absolute Gasteiger partial charge is 0.464 e. The summed E-state index contributed by atoms with van der Waals surface area (Å²) in [6, 6.07) is 1.57. The average molecular weight is 276 g/mol. The van der Waals surface area contributed by atoms with E-state index in [1.807, 2.05) is 26.8 Å². The molecule has 0 aliphatic heterocycles. The zero-order valence-corrected chi connectivity index (χ0v) is 12.1. The highest BCUT2D eigenvalue weighted by Crippen LogP contribution is 2.23. The van der Waals surface area contributed by atoms with Crippen LogP contribution in [0.4, 0.5) is 5.69 Å². The fourth-order valence-electron chi connectivity index (χ4n) is 2.14. The molecule has 0 fully saturated rings. The highest BCUT2D eigenvalue weighted by atomic mass is 16.5. The first kappa shape index (κ1) is 14.3. The lowest BCUT2D eigenvalue weighted by atomic mass is 10.1. The molecule has 0 spiro atoms. The molecule has 0 radical (unpaired) electrons. The van der Waals surface area contributed by atoms with Crippen LogP contribution in [-0.4, -0.2) is 33.8 Å². The smallest absolute Gasteiger partial charge is 0.328 e. The molecule has 2 aromatic rings. The molecule has 0 bridgehead atoms. The van der Waals surface area contributed by atoms with Crippen LogP contribution in [0, 0.1) is 6.92 Å². The normalized spacial score (nSPS) is 12.3. The summed E-state index contributed by atoms with van der Waals surface area (Å²) >= 11 is 0. The van der Waals surface area contributed by atoms with E-state index in [0.717, 1.165) is 29.6 Å². The van der Waals surface area contributed by atoms with E-state index in [9.17, 15) is 4.79 Å². The van der Waals surface area contributed by atoms with Crippen molar-refractivity contribution in [2.24, 2.45) is 0 Å². The first-order valence-electron chi connectivity index (χ1n) is 6.89. The van der Waals surface area contributed by atoms with Crippen LogP contribution >= 0.6 is 0 Å². The van der Waals surface area contributed by atoms with Gasteiger partial charge in [0.05, 0.1) is 18.2 Å². The Kier molecular flexibility index (Phi) is 4.55. The van der Waals surface area contributed by atoms with Gasteiger partial charge in [-0.15, -0.1) is 0 Å². The molecule has 0 aromatic carbocycles. The quantitative estimate of drug-likeness (QED) is 0.792. The lowest BCUT2D eigenvalue weighted by Crippen LogP contribution is -2.31. The Morgan fingerprint density at radius 3 is 3.00 bits per heavy atom. The van der Waals surface area contributed by atoms with Crippen molar-refractivity contribution in [2.75, 3.05) is 11.9 Å². The number of nitrogens with one attached hydrogen (secondary N) is 2. The van der Waals surface area contributed by atoms with E-state index in [2.05, 4.69) is 20.5 Å². The van der Waals surface area contributed by atoms with Gasteiger partial charge < -0.3 is 10.1 Å². The minimum absolute atomic E-state index is 0.222. The van der Waals surface area contributed by atoms with Gasteiger partial charge in [0.2, 0.25) is 0 Å². The molecule has 0 saturated heterocycles. The van der Waals surface area contributed by atoms with Crippen molar-refractivity contribution in [3.8, 4) is 0 Å². The Morgan fingerprint density at radius 1 is 1.50 bits per heavy atom. The second-order valence-electron chi connectivity index (χ2n) is 4.68. The van der Waals surface area contributed by atoms with Crippen LogP contribution in [0.2, 0.25) is 0 Å². The second kappa shape index (κ2) is 6.36. The maximum atomic E-state index is 12.0. The maximum absolute atomic E-state index is 12.0. The van der Waals surface area contributed by atoms with Crippen molar-refractivity contribution in [1.82, 2.24) is 15.2 Å². The summed E-state index contributed by atoms with van der Waals surface area (Å²) in [7, 11) is 0. The molecular weight excluding hydrogens is 256 g/mol. The highest BCUT2D eigenvalue weighted by molar-refractivity contribution is 5.91. The fraction of sp³-hybridized carbons (Fsp3) is 0.500. The van der Waals surface area contributed by atoms with Crippen molar-refractivity contribution >= 4 is 22.7 Å². The SMILES string of the molecule is CCCC(Nc1cc(C)nc2[nH]ncc12)C(=O)OCC. The van der Waals surface area contributed by atoms with Crippen LogP contribution in [0.3, 0.4) is 0 Å². The van der Waals surface area contributed by atoms with E-state index in [0.29, 0.717) is 12.3 Å². The number of fused-ring (bicyclic) bond motifs is 1. The number of esters is 1. The number of hydrogen-bond acceptors (Lipinski definition) is 5. The van der Waals surface area contributed by atoms with Crippen molar-refractivity contribution in [3.05, 3.63) is 18.0 Å². The number of carbonyl (C=O) groups excluding carboxylic acids is 1. The molecule has 6 heteroatoms. The molecule has 0 aliphatic rings. The van der Waals surface area contributed by atoms with Crippen molar-refractivity contribution in [2.45, 2.75) is 39.7 Å². The molecule has 0 saturated carbocycles. The summed E-state index contributed by atoms with van der Waals surface area (Å²) in [5, 5.41) is 11.0. The predicted molar refractivity (Wildman–Crippen MR) is 77.6 cm³/mol. The highest BCUT2D eigenvalue weighted by Gasteiger charge is 2.20. The number of hydrogen-bond donors (Lipinski definition) is 2. The molecule has 2 rings (SSSR count). The summed E-state index contributed by atoms with van der Waals surface area (Å²) in [6.45, 7) is 6.15. The Hall–Kier alpha value is -2.11. The van der Waals surface area contributed by atoms with Crippen LogP contribution in [0.1, 0.15) is 32.4 Å². The maximum Gasteiger partial charge on any atom is 0.328 e. The number of anilines is 1. The predicted octanol–water partition coefficient (Wildman–Crippen LogP) is 2.41. The lowest BCUT2D eigenvalue weighted by molar-refractivity contribution is -0.144. The van der Waals surface area contributed by atoms with Gasteiger partial charge in [-0.3, -0.25) is 5.10 Å². The first-order chi connectivity index (χ1) is 9.65. The summed E-state index contributed by atoms with van der Waals surface area (Å²) in [6.07, 6.45) is 3.33. The number of carbonyl (C=O) groups is 1. The molecule has 2 heterocycles. The Labute approximate surface area is 117 Å². The Balaban J connectivity index is 2.27. The van der Waals surface area contributed by atoms with E-state index in [1.54, 1.807) is 6.20 Å². The van der Waals surface area contributed by atoms with Gasteiger partial charge in [-0.05, 0) is 26.3 Å². The number of pyridine rings is 1. The summed E-state index contributed by atoms with van der Waals surface area (Å²) in [5.74, 6) is -0.222. The van der Waals surface area contributed by atoms with Crippen molar-refractivity contribution in [3.63, 3.8) is 0 Å². The fourth-order valence-corrected chi connectivity index (χ4v) is 2.14. The molecule has 1 atom stereocenters.